The third-order valence-corrected chi connectivity index (χ3v) is 8.67. The van der Waals surface area contributed by atoms with Crippen LogP contribution < -0.4 is 0 Å². The summed E-state index contributed by atoms with van der Waals surface area (Å²) in [5, 5.41) is 0. The second-order valence-corrected chi connectivity index (χ2v) is 13.9. The summed E-state index contributed by atoms with van der Waals surface area (Å²) in [6.45, 7) is 6.30. The van der Waals surface area contributed by atoms with Gasteiger partial charge < -0.3 is 14.2 Å². The predicted octanol–water partition coefficient (Wildman–Crippen LogP) is 13.7. The number of hydrogen-bond acceptors (Lipinski definition) is 6. The van der Waals surface area contributed by atoms with Gasteiger partial charge in [0.2, 0.25) is 0 Å². The largest absolute Gasteiger partial charge is 0.462 e. The molecule has 0 bridgehead atoms. The minimum atomic E-state index is -0.818. The quantitative estimate of drug-likeness (QED) is 0.0272. The van der Waals surface area contributed by atoms with Crippen LogP contribution >= 0.6 is 0 Å². The Bertz CT molecular complexity index is 1090. The number of unbranched alkanes of at least 4 members (excludes halogenated alkanes) is 13. The van der Waals surface area contributed by atoms with Crippen molar-refractivity contribution in [3.05, 3.63) is 85.1 Å². The lowest BCUT2D eigenvalue weighted by Crippen LogP contribution is -2.30. The minimum Gasteiger partial charge on any atom is -0.462 e. The molecule has 0 amide bonds. The first-order valence-corrected chi connectivity index (χ1v) is 21.6. The first-order chi connectivity index (χ1) is 26.5. The number of carbonyl (C=O) groups is 3. The summed E-state index contributed by atoms with van der Waals surface area (Å²) in [5.74, 6) is -1.08. The van der Waals surface area contributed by atoms with Gasteiger partial charge in [0.15, 0.2) is 6.10 Å². The van der Waals surface area contributed by atoms with Crippen molar-refractivity contribution in [3.8, 4) is 0 Å². The Kier molecular flexibility index (Phi) is 39.7. The second kappa shape index (κ2) is 42.3. The van der Waals surface area contributed by atoms with Crippen LogP contribution in [0.5, 0.6) is 0 Å². The van der Waals surface area contributed by atoms with Crippen LogP contribution in [0.2, 0.25) is 0 Å². The van der Waals surface area contributed by atoms with Gasteiger partial charge in [0.05, 0.1) is 6.42 Å². The lowest BCUT2D eigenvalue weighted by Gasteiger charge is -2.18. The Hall–Kier alpha value is -3.41. The molecule has 54 heavy (non-hydrogen) atoms. The molecule has 1 unspecified atom stereocenters. The Morgan fingerprint density at radius 1 is 0.407 bits per heavy atom. The molecule has 306 valence electrons. The first kappa shape index (κ1) is 50.6. The maximum atomic E-state index is 12.7. The van der Waals surface area contributed by atoms with Crippen LogP contribution in [0.15, 0.2) is 85.1 Å². The molecule has 0 rings (SSSR count). The van der Waals surface area contributed by atoms with E-state index in [2.05, 4.69) is 93.7 Å². The molecule has 0 saturated heterocycles. The van der Waals surface area contributed by atoms with Gasteiger partial charge in [-0.15, -0.1) is 0 Å². The molecule has 1 atom stereocenters. The molecule has 0 aromatic heterocycles. The molecule has 0 heterocycles. The van der Waals surface area contributed by atoms with Crippen LogP contribution in [0, 0.1) is 0 Å². The van der Waals surface area contributed by atoms with Gasteiger partial charge in [0, 0.05) is 12.8 Å². The highest BCUT2D eigenvalue weighted by Crippen LogP contribution is 2.11. The van der Waals surface area contributed by atoms with Crippen molar-refractivity contribution >= 4 is 17.9 Å². The Balaban J connectivity index is 4.47. The smallest absolute Gasteiger partial charge is 0.309 e. The predicted molar refractivity (Wildman–Crippen MR) is 228 cm³/mol. The van der Waals surface area contributed by atoms with Crippen LogP contribution in [0.1, 0.15) is 181 Å². The first-order valence-electron chi connectivity index (χ1n) is 21.6. The van der Waals surface area contributed by atoms with Gasteiger partial charge in [0.1, 0.15) is 13.2 Å². The molecular formula is C48H78O6. The molecule has 0 radical (unpaired) electrons. The van der Waals surface area contributed by atoms with Crippen molar-refractivity contribution < 1.29 is 28.6 Å². The van der Waals surface area contributed by atoms with Gasteiger partial charge in [-0.05, 0) is 77.0 Å². The van der Waals surface area contributed by atoms with E-state index in [0.29, 0.717) is 12.8 Å². The van der Waals surface area contributed by atoms with E-state index in [4.69, 9.17) is 14.2 Å². The van der Waals surface area contributed by atoms with Crippen LogP contribution in [0.4, 0.5) is 0 Å². The van der Waals surface area contributed by atoms with Gasteiger partial charge >= 0.3 is 17.9 Å². The van der Waals surface area contributed by atoms with E-state index in [0.717, 1.165) is 96.3 Å². The van der Waals surface area contributed by atoms with Crippen molar-refractivity contribution in [3.63, 3.8) is 0 Å². The highest BCUT2D eigenvalue weighted by Gasteiger charge is 2.19. The van der Waals surface area contributed by atoms with Gasteiger partial charge in [0.25, 0.3) is 0 Å². The summed E-state index contributed by atoms with van der Waals surface area (Å²) in [6, 6.07) is 0. The van der Waals surface area contributed by atoms with Gasteiger partial charge in [-0.25, -0.2) is 0 Å². The standard InChI is InChI=1S/C48H78O6/c1-4-7-10-13-16-18-20-22-24-26-28-30-32-35-38-41-47(50)53-44-45(43-52-46(49)40-37-34-15-12-9-6-3)54-48(51)42-39-36-33-31-29-27-25-23-21-19-17-14-11-8-5-2/h7,10,16-19,22-25,28,30,35,38,45H,4-6,8-9,11-15,20-21,26-27,29,31-34,36-37,39-44H2,1-3H3/b10-7-,18-16-,19-17-,24-22-,25-23-,30-28-,38-35-. The molecule has 0 spiro atoms. The number of esters is 3. The zero-order chi connectivity index (χ0) is 39.4. The SMILES string of the molecule is CC/C=C\C/C=C\C/C=C\C/C=C\C/C=C\CC(=O)OCC(COC(=O)CCCCCCCC)OC(=O)CCCCCCC/C=C\C/C=C\CCCCC. The number of hydrogen-bond donors (Lipinski definition) is 0. The van der Waals surface area contributed by atoms with E-state index < -0.39 is 12.1 Å². The Morgan fingerprint density at radius 2 is 0.796 bits per heavy atom. The van der Waals surface area contributed by atoms with E-state index in [9.17, 15) is 14.4 Å². The van der Waals surface area contributed by atoms with Crippen molar-refractivity contribution in [1.82, 2.24) is 0 Å². The van der Waals surface area contributed by atoms with Crippen LogP contribution in [-0.2, 0) is 28.6 Å². The molecule has 0 aliphatic carbocycles. The maximum absolute atomic E-state index is 12.7. The molecule has 0 saturated carbocycles. The average Bonchev–Trinajstić information content (AvgIpc) is 3.17. The van der Waals surface area contributed by atoms with Crippen molar-refractivity contribution in [2.45, 2.75) is 187 Å². The van der Waals surface area contributed by atoms with Crippen molar-refractivity contribution in [2.24, 2.45) is 0 Å². The monoisotopic (exact) mass is 751 g/mol. The number of allylic oxidation sites excluding steroid dienone is 13. The molecule has 0 N–H and O–H groups in total. The zero-order valence-corrected chi connectivity index (χ0v) is 34.7. The van der Waals surface area contributed by atoms with Crippen molar-refractivity contribution in [1.29, 1.82) is 0 Å². The van der Waals surface area contributed by atoms with Crippen LogP contribution in [0.25, 0.3) is 0 Å². The van der Waals surface area contributed by atoms with E-state index in [-0.39, 0.29) is 31.6 Å². The third-order valence-electron chi connectivity index (χ3n) is 8.67. The number of rotatable bonds is 37. The summed E-state index contributed by atoms with van der Waals surface area (Å²) in [7, 11) is 0. The number of carbonyl (C=O) groups excluding carboxylic acids is 3. The fraction of sp³-hybridized carbons (Fsp3) is 0.646. The van der Waals surface area contributed by atoms with Gasteiger partial charge in [-0.1, -0.05) is 170 Å². The fourth-order valence-corrected chi connectivity index (χ4v) is 5.42. The molecular weight excluding hydrogens is 673 g/mol. The van der Waals surface area contributed by atoms with Crippen molar-refractivity contribution in [2.75, 3.05) is 13.2 Å². The van der Waals surface area contributed by atoms with Crippen LogP contribution in [-0.4, -0.2) is 37.2 Å². The molecule has 0 aliphatic rings. The topological polar surface area (TPSA) is 78.9 Å². The van der Waals surface area contributed by atoms with E-state index in [1.54, 1.807) is 6.08 Å². The van der Waals surface area contributed by atoms with Gasteiger partial charge in [-0.2, -0.15) is 0 Å². The highest BCUT2D eigenvalue weighted by atomic mass is 16.6. The molecule has 0 aromatic rings. The van der Waals surface area contributed by atoms with Gasteiger partial charge in [-0.3, -0.25) is 14.4 Å². The van der Waals surface area contributed by atoms with Crippen LogP contribution in [0.3, 0.4) is 0 Å². The minimum absolute atomic E-state index is 0.114. The van der Waals surface area contributed by atoms with E-state index in [1.807, 2.05) is 6.08 Å². The molecule has 0 aromatic carbocycles. The highest BCUT2D eigenvalue weighted by molar-refractivity contribution is 5.72. The van der Waals surface area contributed by atoms with E-state index >= 15 is 0 Å². The molecule has 0 aliphatic heterocycles. The molecule has 6 nitrogen and oxygen atoms in total. The third kappa shape index (κ3) is 39.8. The normalized spacial score (nSPS) is 12.9. The maximum Gasteiger partial charge on any atom is 0.309 e. The summed E-state index contributed by atoms with van der Waals surface area (Å²) >= 11 is 0. The summed E-state index contributed by atoms with van der Waals surface area (Å²) in [6.07, 6.45) is 53.2. The lowest BCUT2D eigenvalue weighted by atomic mass is 10.1. The summed E-state index contributed by atoms with van der Waals surface area (Å²) in [4.78, 5) is 37.4. The average molecular weight is 751 g/mol. The van der Waals surface area contributed by atoms with E-state index in [1.165, 1.54) is 44.9 Å². The number of ether oxygens (including phenoxy) is 3. The second-order valence-electron chi connectivity index (χ2n) is 13.9. The summed E-state index contributed by atoms with van der Waals surface area (Å²) < 4.78 is 16.5. The Labute approximate surface area is 331 Å². The molecule has 6 heteroatoms. The Morgan fingerprint density at radius 3 is 1.33 bits per heavy atom. The lowest BCUT2D eigenvalue weighted by molar-refractivity contribution is -0.166. The molecule has 0 fully saturated rings. The fourth-order valence-electron chi connectivity index (χ4n) is 5.42. The summed E-state index contributed by atoms with van der Waals surface area (Å²) in [5.41, 5.74) is 0. The zero-order valence-electron chi connectivity index (χ0n) is 34.7.